The van der Waals surface area contributed by atoms with Gasteiger partial charge in [-0.3, -0.25) is 7.00 Å². The molecule has 3 heteroatoms. The summed E-state index contributed by atoms with van der Waals surface area (Å²) in [6, 6.07) is -0.965. The second-order valence-corrected chi connectivity index (χ2v) is 1.77. The minimum Gasteiger partial charge on any atom is -0.664 e. The maximum absolute atomic E-state index is 7.63. The fourth-order valence-electron chi connectivity index (χ4n) is 0.335. The quantitative estimate of drug-likeness (QED) is 0.634. The molecule has 0 aromatic rings. The maximum atomic E-state index is 7.63. The van der Waals surface area contributed by atoms with Crippen LogP contribution < -0.4 is 0 Å². The van der Waals surface area contributed by atoms with Crippen LogP contribution in [0.4, 0.5) is 0 Å². The van der Waals surface area contributed by atoms with Crippen LogP contribution in [0.25, 0.3) is 5.32 Å². The van der Waals surface area contributed by atoms with Crippen LogP contribution in [0.5, 0.6) is 0 Å². The normalized spacial score (nSPS) is 21.7. The maximum Gasteiger partial charge on any atom is 0.0421 e. The van der Waals surface area contributed by atoms with Crippen LogP contribution >= 0.6 is 0 Å². The van der Waals surface area contributed by atoms with Gasteiger partial charge in [-0.1, -0.05) is 6.92 Å². The second kappa shape index (κ2) is 7.13. The van der Waals surface area contributed by atoms with Gasteiger partial charge < -0.3 is 10.2 Å². The average Bonchev–Trinajstić information content (AvgIpc) is 1.86. The molecule has 0 aliphatic carbocycles. The van der Waals surface area contributed by atoms with Crippen molar-refractivity contribution in [1.29, 1.82) is 0 Å². The molecule has 0 aliphatic rings. The molecule has 0 heterocycles. The Labute approximate surface area is 87.5 Å². The first kappa shape index (κ1) is 6.72. The molecule has 1 radical (unpaired) electrons. The zero-order valence-corrected chi connectivity index (χ0v) is 9.02. The number of likely N-dealkylation sites (N-methyl/N-ethyl adjacent to an activating group) is 2. The number of hydrogen-bond donors (Lipinski definition) is 0. The molecule has 0 bridgehead atoms. The Balaban J connectivity index is 0. The summed E-state index contributed by atoms with van der Waals surface area (Å²) in [6.45, 7) is 1.58. The molecule has 0 saturated heterocycles. The van der Waals surface area contributed by atoms with Gasteiger partial charge in [-0.15, -0.1) is 6.54 Å². The monoisotopic (exact) mass is 209 g/mol. The fraction of sp³-hybridized carbons (Fsp3) is 0.833. The van der Waals surface area contributed by atoms with Crippen molar-refractivity contribution >= 4 is 0 Å². The van der Waals surface area contributed by atoms with Gasteiger partial charge >= 0.3 is 0 Å². The first-order valence-electron chi connectivity index (χ1n) is 4.01. The van der Waals surface area contributed by atoms with Gasteiger partial charge in [0, 0.05) is 34.1 Å². The summed E-state index contributed by atoms with van der Waals surface area (Å²) < 4.78 is 21.6. The summed E-state index contributed by atoms with van der Waals surface area (Å²) >= 11 is 0. The van der Waals surface area contributed by atoms with E-state index >= 15 is 0 Å². The number of hydrogen-bond acceptors (Lipinski definition) is 1. The van der Waals surface area contributed by atoms with Gasteiger partial charge in [0.25, 0.3) is 0 Å². The Morgan fingerprint density at radius 1 is 2.00 bits per heavy atom. The number of nitrogens with zero attached hydrogens (tertiary/aromatic N) is 2. The largest absolute Gasteiger partial charge is 0.664 e. The molecule has 0 spiro atoms. The molecule has 0 rings (SSSR count). The molecule has 1 atom stereocenters. The van der Waals surface area contributed by atoms with Gasteiger partial charge in [0.15, 0.2) is 0 Å². The summed E-state index contributed by atoms with van der Waals surface area (Å²) in [6.07, 6.45) is 0. The molecule has 1 unspecified atom stereocenters. The van der Waals surface area contributed by atoms with Crippen LogP contribution in [-0.4, -0.2) is 31.6 Å². The third kappa shape index (κ3) is 6.91. The molecule has 0 aromatic heterocycles. The summed E-state index contributed by atoms with van der Waals surface area (Å²) in [7, 11) is 3.17. The minimum atomic E-state index is -0.965. The van der Waals surface area contributed by atoms with E-state index in [0.29, 0.717) is 6.54 Å². The standard InChI is InChI=1S/C6H14N2.Y/c1-6(5-7-2)8(3)4;/h6H,3,5H2,1-2,4H3;/q-2;/i3T2,6T;. The molecule has 0 N–H and O–H groups in total. The van der Waals surface area contributed by atoms with Gasteiger partial charge in [0.2, 0.25) is 0 Å². The van der Waals surface area contributed by atoms with Crippen LogP contribution in [0.15, 0.2) is 0 Å². The molecular formula is C6H14N2Y-2. The van der Waals surface area contributed by atoms with E-state index < -0.39 is 6.02 Å². The minimum absolute atomic E-state index is 0. The van der Waals surface area contributed by atoms with E-state index in [0.717, 1.165) is 0 Å². The zero-order valence-electron chi connectivity index (χ0n) is 9.18. The number of rotatable bonds is 4. The van der Waals surface area contributed by atoms with Crippen LogP contribution in [0.2, 0.25) is 0 Å². The van der Waals surface area contributed by atoms with E-state index in [1.54, 1.807) is 21.0 Å². The van der Waals surface area contributed by atoms with E-state index in [1.165, 1.54) is 4.90 Å². The third-order valence-corrected chi connectivity index (χ3v) is 0.960. The van der Waals surface area contributed by atoms with Gasteiger partial charge in [-0.05, 0) is 13.1 Å². The van der Waals surface area contributed by atoms with E-state index in [-0.39, 0.29) is 39.7 Å². The summed E-state index contributed by atoms with van der Waals surface area (Å²) in [5.41, 5.74) is 0. The van der Waals surface area contributed by atoms with Crippen molar-refractivity contribution in [3.05, 3.63) is 12.3 Å². The first-order valence-corrected chi connectivity index (χ1v) is 2.51. The summed E-state index contributed by atoms with van der Waals surface area (Å²) in [5.74, 6) is 0. The van der Waals surface area contributed by atoms with Crippen molar-refractivity contribution in [2.24, 2.45) is 0 Å². The van der Waals surface area contributed by atoms with E-state index in [1.807, 2.05) is 0 Å². The summed E-state index contributed by atoms with van der Waals surface area (Å²) in [4.78, 5) is 1.26. The van der Waals surface area contributed by atoms with Crippen molar-refractivity contribution in [3.63, 3.8) is 0 Å². The molecule has 0 aliphatic heterocycles. The van der Waals surface area contributed by atoms with E-state index in [9.17, 15) is 0 Å². The first-order chi connectivity index (χ1) is 4.91. The molecule has 0 fully saturated rings. The van der Waals surface area contributed by atoms with Gasteiger partial charge in [0.05, 0.1) is 0 Å². The van der Waals surface area contributed by atoms with Crippen molar-refractivity contribution in [1.82, 2.24) is 4.90 Å². The Hall–Kier alpha value is 1.02. The molecular weight excluding hydrogens is 189 g/mol. The van der Waals surface area contributed by atoms with Crippen LogP contribution in [0.3, 0.4) is 0 Å². The van der Waals surface area contributed by atoms with E-state index in [4.69, 9.17) is 4.11 Å². The third-order valence-electron chi connectivity index (χ3n) is 0.960. The molecule has 2 nitrogen and oxygen atoms in total. The SMILES string of the molecule is [3H][C-]([3H])N(C)C([3H])(C)C[N-]C.[Y]. The van der Waals surface area contributed by atoms with Gasteiger partial charge in [-0.25, -0.2) is 0 Å². The average molecular weight is 209 g/mol. The Morgan fingerprint density at radius 3 is 2.89 bits per heavy atom. The van der Waals surface area contributed by atoms with Crippen LogP contribution in [-0.2, 0) is 32.7 Å². The second-order valence-electron chi connectivity index (χ2n) is 1.77. The molecule has 9 heavy (non-hydrogen) atoms. The smallest absolute Gasteiger partial charge is 0.0421 e. The Morgan fingerprint density at radius 2 is 2.56 bits per heavy atom. The molecule has 0 amide bonds. The molecule has 0 saturated carbocycles. The van der Waals surface area contributed by atoms with E-state index in [2.05, 4.69) is 5.32 Å². The topological polar surface area (TPSA) is 17.3 Å². The van der Waals surface area contributed by atoms with Crippen LogP contribution in [0.1, 0.15) is 11.0 Å². The van der Waals surface area contributed by atoms with Crippen molar-refractivity contribution in [2.75, 3.05) is 20.6 Å². The van der Waals surface area contributed by atoms with Crippen molar-refractivity contribution in [3.8, 4) is 0 Å². The predicted octanol–water partition coefficient (Wildman–Crippen LogP) is 1.10. The Kier molecular flexibility index (Phi) is 5.32. The summed E-state index contributed by atoms with van der Waals surface area (Å²) in [5, 5.41) is 3.80. The van der Waals surface area contributed by atoms with Crippen molar-refractivity contribution in [2.45, 2.75) is 12.9 Å². The fourth-order valence-corrected chi connectivity index (χ4v) is 0.335. The predicted molar refractivity (Wildman–Crippen MR) is 36.7 cm³/mol. The van der Waals surface area contributed by atoms with Crippen molar-refractivity contribution < 1.29 is 36.8 Å². The van der Waals surface area contributed by atoms with Gasteiger partial charge in [-0.2, -0.15) is 9.79 Å². The molecule has 53 valence electrons. The zero-order chi connectivity index (χ0) is 9.07. The Bertz CT molecular complexity index is 121. The van der Waals surface area contributed by atoms with Gasteiger partial charge in [0.1, 0.15) is 0 Å². The molecule has 0 aromatic carbocycles. The van der Waals surface area contributed by atoms with Crippen LogP contribution in [0, 0.1) is 7.00 Å².